The molecule has 206 valence electrons. The minimum atomic E-state index is -0.485. The molecule has 0 spiro atoms. The smallest absolute Gasteiger partial charge is 0.415 e. The number of ether oxygens (including phenoxy) is 2. The van der Waals surface area contributed by atoms with Gasteiger partial charge < -0.3 is 19.7 Å². The zero-order chi connectivity index (χ0) is 27.4. The average molecular weight is 525 g/mol. The third-order valence-corrected chi connectivity index (χ3v) is 6.70. The van der Waals surface area contributed by atoms with Gasteiger partial charge in [0.15, 0.2) is 0 Å². The van der Waals surface area contributed by atoms with Crippen LogP contribution in [0.4, 0.5) is 21.4 Å². The number of hydrogen-bond acceptors (Lipinski definition) is 8. The highest BCUT2D eigenvalue weighted by molar-refractivity contribution is 5.88. The number of piperazine rings is 1. The number of carbonyl (C=O) groups excluding carboxylic acids is 2. The molecule has 0 radical (unpaired) electrons. The third-order valence-electron chi connectivity index (χ3n) is 6.70. The van der Waals surface area contributed by atoms with Gasteiger partial charge in [0, 0.05) is 52.0 Å². The van der Waals surface area contributed by atoms with Crippen LogP contribution in [0.3, 0.4) is 0 Å². The number of amides is 2. The molecule has 10 heteroatoms. The summed E-state index contributed by atoms with van der Waals surface area (Å²) in [5.74, 6) is 1.58. The number of nitrogens with one attached hydrogen (secondary N) is 1. The lowest BCUT2D eigenvalue weighted by atomic mass is 9.94. The number of cyclic esters (lactones) is 1. The quantitative estimate of drug-likeness (QED) is 0.551. The molecule has 1 saturated heterocycles. The molecule has 1 aromatic heterocycles. The summed E-state index contributed by atoms with van der Waals surface area (Å²) < 4.78 is 10.6. The van der Waals surface area contributed by atoms with E-state index in [9.17, 15) is 9.59 Å². The lowest BCUT2D eigenvalue weighted by Gasteiger charge is -2.40. The second kappa shape index (κ2) is 11.6. The molecule has 2 amide bonds. The van der Waals surface area contributed by atoms with Gasteiger partial charge in [-0.3, -0.25) is 9.80 Å². The van der Waals surface area contributed by atoms with Gasteiger partial charge in [-0.1, -0.05) is 38.1 Å². The summed E-state index contributed by atoms with van der Waals surface area (Å²) in [5.41, 5.74) is 2.69. The molecule has 4 rings (SSSR count). The van der Waals surface area contributed by atoms with Gasteiger partial charge >= 0.3 is 12.2 Å². The number of nitrogens with zero attached hydrogens (tertiary/aromatic N) is 5. The van der Waals surface area contributed by atoms with E-state index in [-0.39, 0.29) is 18.7 Å². The van der Waals surface area contributed by atoms with Crippen LogP contribution in [0.15, 0.2) is 30.5 Å². The second-order valence-electron chi connectivity index (χ2n) is 11.4. The summed E-state index contributed by atoms with van der Waals surface area (Å²) in [5, 5.41) is 3.26. The normalized spacial score (nSPS) is 17.2. The van der Waals surface area contributed by atoms with Crippen molar-refractivity contribution in [2.45, 2.75) is 65.8 Å². The van der Waals surface area contributed by atoms with Crippen molar-refractivity contribution in [3.05, 3.63) is 47.2 Å². The van der Waals surface area contributed by atoms with E-state index in [4.69, 9.17) is 9.47 Å². The highest BCUT2D eigenvalue weighted by Gasteiger charge is 2.30. The highest BCUT2D eigenvalue weighted by atomic mass is 16.6. The van der Waals surface area contributed by atoms with Crippen molar-refractivity contribution >= 4 is 24.0 Å². The van der Waals surface area contributed by atoms with Gasteiger partial charge in [0.2, 0.25) is 5.95 Å². The summed E-state index contributed by atoms with van der Waals surface area (Å²) in [4.78, 5) is 38.8. The number of rotatable bonds is 7. The first-order valence-electron chi connectivity index (χ1n) is 13.3. The molecule has 1 aromatic carbocycles. The topological polar surface area (TPSA) is 100 Å². The molecule has 1 atom stereocenters. The third kappa shape index (κ3) is 6.92. The van der Waals surface area contributed by atoms with Crippen molar-refractivity contribution in [2.75, 3.05) is 43.4 Å². The van der Waals surface area contributed by atoms with Crippen LogP contribution in [0.5, 0.6) is 0 Å². The summed E-state index contributed by atoms with van der Waals surface area (Å²) >= 11 is 0. The Kier molecular flexibility index (Phi) is 8.40. The molecule has 10 nitrogen and oxygen atoms in total. The standard InChI is InChI=1S/C28H40N6O4/c1-19(2)15-23(33-11-13-34(14-12-33)27(36)38-28(3,4)5)21-9-7-20(8-10-21)16-29-25-30-17-22-18-37-26(35)32(6)24(22)31-25/h7-10,17,19,23H,11-16,18H2,1-6H3,(H,29,30,31). The van der Waals surface area contributed by atoms with Crippen LogP contribution in [0.2, 0.25) is 0 Å². The van der Waals surface area contributed by atoms with E-state index in [1.54, 1.807) is 13.2 Å². The van der Waals surface area contributed by atoms with Crippen molar-refractivity contribution in [3.63, 3.8) is 0 Å². The lowest BCUT2D eigenvalue weighted by Crippen LogP contribution is -2.51. The Morgan fingerprint density at radius 3 is 2.45 bits per heavy atom. The van der Waals surface area contributed by atoms with E-state index in [1.165, 1.54) is 10.5 Å². The van der Waals surface area contributed by atoms with Gasteiger partial charge in [0.25, 0.3) is 0 Å². The SMILES string of the molecule is CC(C)CC(c1ccc(CNc2ncc3c(n2)N(C)C(=O)OC3)cc1)N1CCN(C(=O)OC(C)(C)C)CC1. The van der Waals surface area contributed by atoms with E-state index < -0.39 is 11.7 Å². The number of anilines is 2. The van der Waals surface area contributed by atoms with Crippen LogP contribution in [-0.4, -0.2) is 70.8 Å². The van der Waals surface area contributed by atoms with E-state index in [1.807, 2.05) is 25.7 Å². The molecular formula is C28H40N6O4. The van der Waals surface area contributed by atoms with Gasteiger partial charge in [0.05, 0.1) is 5.56 Å². The van der Waals surface area contributed by atoms with Crippen molar-refractivity contribution < 1.29 is 19.1 Å². The Morgan fingerprint density at radius 2 is 1.82 bits per heavy atom. The fourth-order valence-electron chi connectivity index (χ4n) is 4.72. The minimum Gasteiger partial charge on any atom is -0.444 e. The maximum atomic E-state index is 12.5. The first kappa shape index (κ1) is 27.6. The van der Waals surface area contributed by atoms with Gasteiger partial charge in [-0.25, -0.2) is 14.6 Å². The average Bonchev–Trinajstić information content (AvgIpc) is 2.88. The molecule has 0 bridgehead atoms. The Bertz CT molecular complexity index is 1120. The van der Waals surface area contributed by atoms with Crippen molar-refractivity contribution in [3.8, 4) is 0 Å². The first-order chi connectivity index (χ1) is 18.0. The van der Waals surface area contributed by atoms with Crippen LogP contribution >= 0.6 is 0 Å². The van der Waals surface area contributed by atoms with Crippen LogP contribution in [0, 0.1) is 5.92 Å². The maximum absolute atomic E-state index is 12.5. The molecule has 0 saturated carbocycles. The predicted octanol–water partition coefficient (Wildman–Crippen LogP) is 4.82. The largest absolute Gasteiger partial charge is 0.444 e. The Labute approximate surface area is 225 Å². The summed E-state index contributed by atoms with van der Waals surface area (Å²) in [6, 6.07) is 8.95. The zero-order valence-corrected chi connectivity index (χ0v) is 23.4. The molecule has 1 fully saturated rings. The number of benzene rings is 1. The highest BCUT2D eigenvalue weighted by Crippen LogP contribution is 2.30. The number of aromatic nitrogens is 2. The second-order valence-corrected chi connectivity index (χ2v) is 11.4. The fourth-order valence-corrected chi connectivity index (χ4v) is 4.72. The van der Waals surface area contributed by atoms with Gasteiger partial charge in [-0.15, -0.1) is 0 Å². The number of carbonyl (C=O) groups is 2. The number of fused-ring (bicyclic) bond motifs is 1. The minimum absolute atomic E-state index is 0.188. The summed E-state index contributed by atoms with van der Waals surface area (Å²) in [6.45, 7) is 13.9. The number of hydrogen-bond donors (Lipinski definition) is 1. The predicted molar refractivity (Wildman–Crippen MR) is 146 cm³/mol. The fraction of sp³-hybridized carbons (Fsp3) is 0.571. The molecule has 2 aliphatic rings. The van der Waals surface area contributed by atoms with Crippen LogP contribution in [-0.2, 0) is 22.6 Å². The first-order valence-corrected chi connectivity index (χ1v) is 13.3. The lowest BCUT2D eigenvalue weighted by molar-refractivity contribution is 0.00904. The van der Waals surface area contributed by atoms with Crippen molar-refractivity contribution in [1.82, 2.24) is 19.8 Å². The van der Waals surface area contributed by atoms with Crippen molar-refractivity contribution in [1.29, 1.82) is 0 Å². The molecule has 2 aliphatic heterocycles. The Hall–Kier alpha value is -3.40. The van der Waals surface area contributed by atoms with E-state index in [0.717, 1.165) is 30.6 Å². The maximum Gasteiger partial charge on any atom is 0.415 e. The zero-order valence-electron chi connectivity index (χ0n) is 23.4. The van der Waals surface area contributed by atoms with E-state index >= 15 is 0 Å². The van der Waals surface area contributed by atoms with Gasteiger partial charge in [-0.2, -0.15) is 4.98 Å². The van der Waals surface area contributed by atoms with Crippen LogP contribution in [0.25, 0.3) is 0 Å². The summed E-state index contributed by atoms with van der Waals surface area (Å²) in [7, 11) is 1.64. The molecule has 3 heterocycles. The molecule has 2 aromatic rings. The Balaban J connectivity index is 1.37. The molecular weight excluding hydrogens is 484 g/mol. The van der Waals surface area contributed by atoms with Gasteiger partial charge in [-0.05, 0) is 44.2 Å². The molecule has 0 aliphatic carbocycles. The monoisotopic (exact) mass is 524 g/mol. The van der Waals surface area contributed by atoms with Crippen LogP contribution < -0.4 is 10.2 Å². The summed E-state index contributed by atoms with van der Waals surface area (Å²) in [6.07, 6.45) is 2.09. The van der Waals surface area contributed by atoms with Gasteiger partial charge in [0.1, 0.15) is 18.0 Å². The van der Waals surface area contributed by atoms with E-state index in [2.05, 4.69) is 58.3 Å². The molecule has 1 unspecified atom stereocenters. The van der Waals surface area contributed by atoms with Crippen LogP contribution in [0.1, 0.15) is 63.8 Å². The Morgan fingerprint density at radius 1 is 1.13 bits per heavy atom. The molecule has 38 heavy (non-hydrogen) atoms. The molecule has 1 N–H and O–H groups in total. The van der Waals surface area contributed by atoms with E-state index in [0.29, 0.717) is 37.3 Å². The van der Waals surface area contributed by atoms with Crippen molar-refractivity contribution in [2.24, 2.45) is 5.92 Å².